The van der Waals surface area contributed by atoms with Gasteiger partial charge >= 0.3 is 5.97 Å². The first-order valence-corrected chi connectivity index (χ1v) is 18.7. The second-order valence-electron chi connectivity index (χ2n) is 16.7. The smallest absolute Gasteiger partial charge is 0.311 e. The van der Waals surface area contributed by atoms with Crippen LogP contribution in [-0.2, 0) is 28.5 Å². The maximum absolute atomic E-state index is 14.1. The summed E-state index contributed by atoms with van der Waals surface area (Å²) in [5.41, 5.74) is -3.30. The molecule has 50 heavy (non-hydrogen) atoms. The predicted octanol–water partition coefficient (Wildman–Crippen LogP) is 2.13. The highest BCUT2D eigenvalue weighted by Gasteiger charge is 2.51. The molecular formula is C37H70N2O11. The number of likely N-dealkylation sites (N-methyl/N-ethyl adjacent to an activating group) is 2. The van der Waals surface area contributed by atoms with Crippen LogP contribution in [0.5, 0.6) is 0 Å². The van der Waals surface area contributed by atoms with Crippen molar-refractivity contribution < 1.29 is 54.0 Å². The average molecular weight is 719 g/mol. The van der Waals surface area contributed by atoms with Crippen molar-refractivity contribution >= 4 is 5.97 Å². The minimum absolute atomic E-state index is 0.120. The molecule has 3 aliphatic rings. The van der Waals surface area contributed by atoms with E-state index < -0.39 is 90.4 Å². The van der Waals surface area contributed by atoms with Crippen LogP contribution in [0.15, 0.2) is 0 Å². The summed E-state index contributed by atoms with van der Waals surface area (Å²) in [4.78, 5) is 18.0. The molecule has 0 aliphatic carbocycles. The van der Waals surface area contributed by atoms with Crippen molar-refractivity contribution in [1.29, 1.82) is 0 Å². The standard InChI is InChI=1S/C37H70N2O11/c1-14-27-37(10,45)32(42)24(7)39(13)18-19(2)17-36(9,44)33(50-35-30(41)26(38(11)12)16-21(4)46-35)22(5)31(23(6)34(43)48-27)49-28-15-20(3)29(40)25(8)47-28/h19-33,35,40-42,44-45H,14-18H2,1-13H3/t19-,20?,21-,22+,23-,24-,25+,26?,27-,28+,29-,30-,31+,32-,33-,35+,36-,37-/m1/s1. The van der Waals surface area contributed by atoms with E-state index in [1.807, 2.05) is 65.6 Å². The van der Waals surface area contributed by atoms with Crippen LogP contribution in [0.1, 0.15) is 94.9 Å². The highest BCUT2D eigenvalue weighted by atomic mass is 16.7. The highest BCUT2D eigenvalue weighted by Crippen LogP contribution is 2.39. The maximum atomic E-state index is 14.1. The van der Waals surface area contributed by atoms with Gasteiger partial charge in [0.1, 0.15) is 23.9 Å². The van der Waals surface area contributed by atoms with Gasteiger partial charge in [-0.05, 0) is 93.8 Å². The third-order valence-corrected chi connectivity index (χ3v) is 11.7. The van der Waals surface area contributed by atoms with Gasteiger partial charge in [-0.25, -0.2) is 0 Å². The largest absolute Gasteiger partial charge is 0.459 e. The maximum Gasteiger partial charge on any atom is 0.311 e. The molecule has 3 saturated heterocycles. The summed E-state index contributed by atoms with van der Waals surface area (Å²) >= 11 is 0. The lowest BCUT2D eigenvalue weighted by Gasteiger charge is -2.48. The Morgan fingerprint density at radius 1 is 0.940 bits per heavy atom. The Labute approximate surface area is 300 Å². The minimum atomic E-state index is -1.78. The van der Waals surface area contributed by atoms with Crippen molar-refractivity contribution in [2.75, 3.05) is 27.7 Å². The van der Waals surface area contributed by atoms with Gasteiger partial charge in [0.05, 0.1) is 42.0 Å². The molecule has 0 aromatic rings. The highest BCUT2D eigenvalue weighted by molar-refractivity contribution is 5.73. The molecule has 0 aromatic heterocycles. The lowest BCUT2D eigenvalue weighted by molar-refractivity contribution is -0.309. The first-order valence-electron chi connectivity index (χ1n) is 18.7. The van der Waals surface area contributed by atoms with Gasteiger partial charge in [-0.3, -0.25) is 4.79 Å². The quantitative estimate of drug-likeness (QED) is 0.254. The summed E-state index contributed by atoms with van der Waals surface area (Å²) in [6.45, 7) is 18.4. The normalized spacial score (nSPS) is 49.6. The van der Waals surface area contributed by atoms with Crippen LogP contribution in [0.3, 0.4) is 0 Å². The van der Waals surface area contributed by atoms with E-state index in [0.717, 1.165) is 0 Å². The van der Waals surface area contributed by atoms with Crippen LogP contribution < -0.4 is 0 Å². The summed E-state index contributed by atoms with van der Waals surface area (Å²) in [5, 5.41) is 57.6. The van der Waals surface area contributed by atoms with Gasteiger partial charge in [-0.2, -0.15) is 0 Å². The Morgan fingerprint density at radius 2 is 1.56 bits per heavy atom. The first-order chi connectivity index (χ1) is 23.0. The number of aliphatic hydroxyl groups is 5. The fraction of sp³-hybridized carbons (Fsp3) is 0.973. The average Bonchev–Trinajstić information content (AvgIpc) is 3.02. The summed E-state index contributed by atoms with van der Waals surface area (Å²) < 4.78 is 31.7. The molecule has 3 rings (SSSR count). The van der Waals surface area contributed by atoms with E-state index in [1.165, 1.54) is 6.92 Å². The van der Waals surface area contributed by atoms with Crippen LogP contribution >= 0.6 is 0 Å². The molecule has 18 atom stereocenters. The number of aliphatic hydroxyl groups excluding tert-OH is 3. The Kier molecular flexibility index (Phi) is 15.2. The van der Waals surface area contributed by atoms with Gasteiger partial charge in [0, 0.05) is 31.0 Å². The van der Waals surface area contributed by atoms with Gasteiger partial charge in [-0.1, -0.05) is 27.7 Å². The monoisotopic (exact) mass is 718 g/mol. The summed E-state index contributed by atoms with van der Waals surface area (Å²) in [7, 11) is 5.63. The van der Waals surface area contributed by atoms with Crippen LogP contribution in [-0.4, -0.2) is 154 Å². The Balaban J connectivity index is 2.14. The van der Waals surface area contributed by atoms with E-state index in [-0.39, 0.29) is 36.8 Å². The second kappa shape index (κ2) is 17.4. The zero-order valence-corrected chi connectivity index (χ0v) is 32.9. The molecule has 0 radical (unpaired) electrons. The van der Waals surface area contributed by atoms with E-state index in [2.05, 4.69) is 0 Å². The van der Waals surface area contributed by atoms with E-state index in [9.17, 15) is 30.3 Å². The molecule has 5 N–H and O–H groups in total. The molecule has 0 bridgehead atoms. The van der Waals surface area contributed by atoms with Gasteiger partial charge in [0.25, 0.3) is 0 Å². The summed E-state index contributed by atoms with van der Waals surface area (Å²) in [6, 6.07) is -0.774. The van der Waals surface area contributed by atoms with Crippen molar-refractivity contribution in [3.63, 3.8) is 0 Å². The number of carbonyl (C=O) groups excluding carboxylic acids is 1. The van der Waals surface area contributed by atoms with Crippen LogP contribution in [0.4, 0.5) is 0 Å². The van der Waals surface area contributed by atoms with E-state index in [1.54, 1.807) is 27.7 Å². The van der Waals surface area contributed by atoms with Crippen molar-refractivity contribution in [2.24, 2.45) is 23.7 Å². The molecule has 0 amide bonds. The van der Waals surface area contributed by atoms with Gasteiger partial charge in [-0.15, -0.1) is 0 Å². The van der Waals surface area contributed by atoms with Crippen molar-refractivity contribution in [3.05, 3.63) is 0 Å². The number of hydrogen-bond acceptors (Lipinski definition) is 13. The van der Waals surface area contributed by atoms with E-state index in [4.69, 9.17) is 23.7 Å². The molecule has 3 fully saturated rings. The van der Waals surface area contributed by atoms with Gasteiger partial charge in [0.15, 0.2) is 12.6 Å². The molecule has 2 unspecified atom stereocenters. The number of hydrogen-bond donors (Lipinski definition) is 5. The van der Waals surface area contributed by atoms with E-state index >= 15 is 0 Å². The molecule has 0 spiro atoms. The summed E-state index contributed by atoms with van der Waals surface area (Å²) in [5.74, 6) is -2.57. The molecular weight excluding hydrogens is 648 g/mol. The SMILES string of the molecule is CC[C@H]1OC(=O)[C@H](C)[C@@H](O[C@H]2CC(C)[C@@H](O)[C@H](C)O2)[C@H](C)[C@@H](O[C@@H]2O[C@H](C)CC(N(C)C)[C@H]2O)[C@](C)(O)C[C@@H](C)CN(C)[C@H](C)[C@@H](O)[C@]1(C)O. The topological polar surface area (TPSA) is 171 Å². The van der Waals surface area contributed by atoms with Crippen molar-refractivity contribution in [2.45, 2.75) is 180 Å². The van der Waals surface area contributed by atoms with Gasteiger partial charge in [0.2, 0.25) is 0 Å². The van der Waals surface area contributed by atoms with Crippen molar-refractivity contribution in [1.82, 2.24) is 9.80 Å². The molecule has 13 nitrogen and oxygen atoms in total. The van der Waals surface area contributed by atoms with Crippen LogP contribution in [0.2, 0.25) is 0 Å². The number of carbonyl (C=O) groups is 1. The fourth-order valence-electron chi connectivity index (χ4n) is 8.51. The van der Waals surface area contributed by atoms with Crippen LogP contribution in [0.25, 0.3) is 0 Å². The van der Waals surface area contributed by atoms with E-state index in [0.29, 0.717) is 19.4 Å². The predicted molar refractivity (Wildman–Crippen MR) is 188 cm³/mol. The first kappa shape index (κ1) is 43.4. The second-order valence-corrected chi connectivity index (χ2v) is 16.7. The molecule has 3 heterocycles. The third kappa shape index (κ3) is 9.96. The zero-order valence-electron chi connectivity index (χ0n) is 32.9. The fourth-order valence-corrected chi connectivity index (χ4v) is 8.51. The lowest BCUT2D eigenvalue weighted by Crippen LogP contribution is -2.59. The third-order valence-electron chi connectivity index (χ3n) is 11.7. The number of rotatable bonds is 6. The number of ether oxygens (including phenoxy) is 5. The molecule has 294 valence electrons. The lowest BCUT2D eigenvalue weighted by atomic mass is 9.77. The molecule has 0 saturated carbocycles. The Hall–Kier alpha value is -0.970. The number of esters is 1. The molecule has 3 aliphatic heterocycles. The van der Waals surface area contributed by atoms with Crippen LogP contribution in [0, 0.1) is 23.7 Å². The number of nitrogens with zero attached hydrogens (tertiary/aromatic N) is 2. The van der Waals surface area contributed by atoms with Gasteiger partial charge < -0.3 is 59.0 Å². The molecule has 13 heteroatoms. The number of cyclic esters (lactones) is 1. The minimum Gasteiger partial charge on any atom is -0.459 e. The summed E-state index contributed by atoms with van der Waals surface area (Å²) in [6.07, 6.45) is -7.11. The zero-order chi connectivity index (χ0) is 38.0. The van der Waals surface area contributed by atoms with Crippen molar-refractivity contribution in [3.8, 4) is 0 Å². The Bertz CT molecular complexity index is 1070. The molecule has 0 aromatic carbocycles. The Morgan fingerprint density at radius 3 is 2.12 bits per heavy atom.